The van der Waals surface area contributed by atoms with Gasteiger partial charge in [0.15, 0.2) is 0 Å². The van der Waals surface area contributed by atoms with Crippen LogP contribution >= 0.6 is 15.9 Å². The van der Waals surface area contributed by atoms with Crippen molar-refractivity contribution in [1.29, 1.82) is 0 Å². The van der Waals surface area contributed by atoms with E-state index in [1.807, 2.05) is 0 Å². The van der Waals surface area contributed by atoms with Crippen LogP contribution in [0.3, 0.4) is 0 Å². The van der Waals surface area contributed by atoms with Crippen molar-refractivity contribution in [2.45, 2.75) is 0 Å². The Morgan fingerprint density at radius 3 is 2.55 bits per heavy atom. The molecule has 0 aliphatic rings. The van der Waals surface area contributed by atoms with Crippen molar-refractivity contribution in [2.24, 2.45) is 5.10 Å². The molecule has 1 N–H and O–H groups in total. The topological polar surface area (TPSA) is 67.5 Å². The summed E-state index contributed by atoms with van der Waals surface area (Å²) in [6.07, 6.45) is 1.52. The molecule has 0 unspecified atom stereocenters. The van der Waals surface area contributed by atoms with Crippen molar-refractivity contribution in [2.75, 3.05) is 5.43 Å². The molecule has 0 bridgehead atoms. The summed E-state index contributed by atoms with van der Waals surface area (Å²) in [5.74, 6) is -0.342. The first-order valence-corrected chi connectivity index (χ1v) is 6.34. The lowest BCUT2D eigenvalue weighted by Crippen LogP contribution is -1.92. The van der Waals surface area contributed by atoms with Gasteiger partial charge >= 0.3 is 0 Å². The van der Waals surface area contributed by atoms with Gasteiger partial charge in [0.05, 0.1) is 21.3 Å². The monoisotopic (exact) mass is 337 g/mol. The van der Waals surface area contributed by atoms with Gasteiger partial charge in [-0.25, -0.2) is 4.39 Å². The van der Waals surface area contributed by atoms with Gasteiger partial charge in [-0.05, 0) is 45.8 Å². The first-order chi connectivity index (χ1) is 9.56. The summed E-state index contributed by atoms with van der Waals surface area (Å²) in [6, 6.07) is 10.4. The molecular weight excluding hydrogens is 329 g/mol. The maximum Gasteiger partial charge on any atom is 0.269 e. The van der Waals surface area contributed by atoms with Gasteiger partial charge in [0.25, 0.3) is 5.69 Å². The van der Waals surface area contributed by atoms with Crippen molar-refractivity contribution >= 4 is 33.5 Å². The maximum absolute atomic E-state index is 13.0. The highest BCUT2D eigenvalue weighted by Crippen LogP contribution is 2.17. The molecule has 0 aromatic heterocycles. The number of hydrogen-bond acceptors (Lipinski definition) is 4. The molecule has 0 amide bonds. The minimum absolute atomic E-state index is 0.0157. The quantitative estimate of drug-likeness (QED) is 0.522. The van der Waals surface area contributed by atoms with Crippen LogP contribution in [0.25, 0.3) is 0 Å². The smallest absolute Gasteiger partial charge is 0.269 e. The molecule has 5 nitrogen and oxygen atoms in total. The van der Waals surface area contributed by atoms with E-state index in [1.165, 1.54) is 24.4 Å². The van der Waals surface area contributed by atoms with Crippen molar-refractivity contribution in [3.05, 3.63) is 68.4 Å². The predicted molar refractivity (Wildman–Crippen MR) is 78.4 cm³/mol. The molecule has 0 aliphatic carbocycles. The molecule has 2 aromatic rings. The average molecular weight is 338 g/mol. The summed E-state index contributed by atoms with van der Waals surface area (Å²) < 4.78 is 13.4. The summed E-state index contributed by atoms with van der Waals surface area (Å²) in [4.78, 5) is 10.0. The number of benzene rings is 2. The second-order valence-corrected chi connectivity index (χ2v) is 4.70. The van der Waals surface area contributed by atoms with E-state index in [0.29, 0.717) is 15.7 Å². The van der Waals surface area contributed by atoms with Gasteiger partial charge in [0.1, 0.15) is 5.82 Å². The molecule has 7 heteroatoms. The lowest BCUT2D eigenvalue weighted by Gasteiger charge is -2.00. The van der Waals surface area contributed by atoms with Crippen LogP contribution in [-0.2, 0) is 0 Å². The second kappa shape index (κ2) is 6.25. The molecule has 102 valence electrons. The number of nitro benzene ring substituents is 1. The lowest BCUT2D eigenvalue weighted by atomic mass is 10.2. The fraction of sp³-hybridized carbons (Fsp3) is 0. The molecule has 20 heavy (non-hydrogen) atoms. The summed E-state index contributed by atoms with van der Waals surface area (Å²) in [5.41, 5.74) is 4.08. The molecule has 0 heterocycles. The van der Waals surface area contributed by atoms with E-state index in [0.717, 1.165) is 0 Å². The molecular formula is C13H9BrFN3O2. The highest BCUT2D eigenvalue weighted by Gasteiger charge is 2.03. The molecule has 0 saturated carbocycles. The Balaban J connectivity index is 2.02. The zero-order valence-corrected chi connectivity index (χ0v) is 11.7. The van der Waals surface area contributed by atoms with Gasteiger partial charge in [-0.1, -0.05) is 6.07 Å². The van der Waals surface area contributed by atoms with Gasteiger partial charge < -0.3 is 0 Å². The second-order valence-electron chi connectivity index (χ2n) is 3.85. The van der Waals surface area contributed by atoms with E-state index in [2.05, 4.69) is 26.5 Å². The van der Waals surface area contributed by atoms with Gasteiger partial charge in [-0.2, -0.15) is 5.10 Å². The van der Waals surface area contributed by atoms with Crippen molar-refractivity contribution in [1.82, 2.24) is 0 Å². The molecule has 2 rings (SSSR count). The largest absolute Gasteiger partial charge is 0.278 e. The minimum Gasteiger partial charge on any atom is -0.278 e. The highest BCUT2D eigenvalue weighted by molar-refractivity contribution is 9.10. The number of hydrazone groups is 1. The van der Waals surface area contributed by atoms with E-state index in [9.17, 15) is 14.5 Å². The zero-order chi connectivity index (χ0) is 14.5. The summed E-state index contributed by atoms with van der Waals surface area (Å²) in [7, 11) is 0. The lowest BCUT2D eigenvalue weighted by molar-refractivity contribution is -0.384. The molecule has 0 fully saturated rings. The number of rotatable bonds is 4. The third kappa shape index (κ3) is 3.61. The van der Waals surface area contributed by atoms with Crippen LogP contribution in [0.1, 0.15) is 5.56 Å². The Morgan fingerprint density at radius 2 is 1.95 bits per heavy atom. The number of nitrogens with zero attached hydrogens (tertiary/aromatic N) is 2. The highest BCUT2D eigenvalue weighted by atomic mass is 79.9. The van der Waals surface area contributed by atoms with E-state index >= 15 is 0 Å². The summed E-state index contributed by atoms with van der Waals surface area (Å²) >= 11 is 3.08. The van der Waals surface area contributed by atoms with E-state index in [-0.39, 0.29) is 11.5 Å². The number of non-ortho nitro benzene ring substituents is 1. The van der Waals surface area contributed by atoms with E-state index in [1.54, 1.807) is 24.3 Å². The number of hydrogen-bond donors (Lipinski definition) is 1. The summed E-state index contributed by atoms with van der Waals surface area (Å²) in [6.45, 7) is 0. The maximum atomic E-state index is 13.0. The SMILES string of the molecule is O=[N+]([O-])c1ccc(NN=Cc2ccc(F)c(Br)c2)cc1. The van der Waals surface area contributed by atoms with Crippen molar-refractivity contribution in [3.8, 4) is 0 Å². The van der Waals surface area contributed by atoms with Crippen molar-refractivity contribution < 1.29 is 9.31 Å². The zero-order valence-electron chi connectivity index (χ0n) is 10.1. The standard InChI is InChI=1S/C13H9BrFN3O2/c14-12-7-9(1-6-13(12)15)8-16-17-10-2-4-11(5-3-10)18(19)20/h1-8,17H. The van der Waals surface area contributed by atoms with Gasteiger partial charge in [0, 0.05) is 12.1 Å². The third-order valence-corrected chi connectivity index (χ3v) is 3.04. The predicted octanol–water partition coefficient (Wildman–Crippen LogP) is 3.94. The third-order valence-electron chi connectivity index (χ3n) is 2.43. The number of nitro groups is 1. The van der Waals surface area contributed by atoms with Gasteiger partial charge in [-0.15, -0.1) is 0 Å². The van der Waals surface area contributed by atoms with Crippen molar-refractivity contribution in [3.63, 3.8) is 0 Å². The van der Waals surface area contributed by atoms with E-state index in [4.69, 9.17) is 0 Å². The average Bonchev–Trinajstić information content (AvgIpc) is 2.43. The Kier molecular flexibility index (Phi) is 4.41. The van der Waals surface area contributed by atoms with Crippen LogP contribution in [-0.4, -0.2) is 11.1 Å². The minimum atomic E-state index is -0.469. The Labute approximate surface area is 122 Å². The Bertz CT molecular complexity index is 659. The molecule has 0 aliphatic heterocycles. The van der Waals surface area contributed by atoms with Crippen LogP contribution < -0.4 is 5.43 Å². The molecule has 2 aromatic carbocycles. The van der Waals surface area contributed by atoms with Crippen LogP contribution in [0.4, 0.5) is 15.8 Å². The molecule has 0 saturated heterocycles. The van der Waals surface area contributed by atoms with Crippen LogP contribution in [0.2, 0.25) is 0 Å². The Morgan fingerprint density at radius 1 is 1.25 bits per heavy atom. The van der Waals surface area contributed by atoms with Crippen LogP contribution in [0.15, 0.2) is 52.0 Å². The fourth-order valence-electron chi connectivity index (χ4n) is 1.43. The normalized spacial score (nSPS) is 10.7. The van der Waals surface area contributed by atoms with Gasteiger partial charge in [-0.3, -0.25) is 15.5 Å². The first-order valence-electron chi connectivity index (χ1n) is 5.55. The van der Waals surface area contributed by atoms with Crippen LogP contribution in [0.5, 0.6) is 0 Å². The number of nitrogens with one attached hydrogen (secondary N) is 1. The molecule has 0 radical (unpaired) electrons. The first kappa shape index (κ1) is 14.1. The Hall–Kier alpha value is -2.28. The van der Waals surface area contributed by atoms with Gasteiger partial charge in [0.2, 0.25) is 0 Å². The van der Waals surface area contributed by atoms with Crippen LogP contribution in [0, 0.1) is 15.9 Å². The van der Waals surface area contributed by atoms with E-state index < -0.39 is 4.92 Å². The molecule has 0 spiro atoms. The number of halogens is 2. The summed E-state index contributed by atoms with van der Waals surface area (Å²) in [5, 5.41) is 14.5. The fourth-order valence-corrected chi connectivity index (χ4v) is 1.83. The number of anilines is 1. The molecule has 0 atom stereocenters.